The lowest BCUT2D eigenvalue weighted by Gasteiger charge is -2.41. The Hall–Kier alpha value is -2.64. The molecule has 1 aromatic heterocycles. The third-order valence-corrected chi connectivity index (χ3v) is 3.88. The first kappa shape index (κ1) is 16.7. The molecule has 8 heteroatoms. The monoisotopic (exact) mass is 319 g/mol. The van der Waals surface area contributed by atoms with Gasteiger partial charge in [0.05, 0.1) is 12.1 Å². The Morgan fingerprint density at radius 2 is 2.00 bits per heavy atom. The van der Waals surface area contributed by atoms with Crippen LogP contribution >= 0.6 is 0 Å². The predicted octanol–water partition coefficient (Wildman–Crippen LogP) is -0.575. The van der Waals surface area contributed by atoms with Crippen molar-refractivity contribution < 1.29 is 14.4 Å². The lowest BCUT2D eigenvalue weighted by molar-refractivity contribution is -0.139. The molecule has 2 N–H and O–H groups in total. The van der Waals surface area contributed by atoms with Crippen LogP contribution < -0.4 is 5.73 Å². The zero-order valence-electron chi connectivity index (χ0n) is 13.5. The van der Waals surface area contributed by atoms with Crippen LogP contribution in [0.5, 0.6) is 0 Å². The number of rotatable bonds is 2. The summed E-state index contributed by atoms with van der Waals surface area (Å²) in [7, 11) is 3.24. The molecular weight excluding hydrogens is 298 g/mol. The third-order valence-electron chi connectivity index (χ3n) is 3.88. The minimum Gasteiger partial charge on any atom is -0.383 e. The van der Waals surface area contributed by atoms with E-state index in [1.165, 1.54) is 22.9 Å². The Kier molecular flexibility index (Phi) is 4.83. The summed E-state index contributed by atoms with van der Waals surface area (Å²) in [5.74, 6) is -0.567. The Morgan fingerprint density at radius 1 is 1.30 bits per heavy atom. The second-order valence-electron chi connectivity index (χ2n) is 5.65. The first-order chi connectivity index (χ1) is 10.8. The molecule has 1 fully saturated rings. The van der Waals surface area contributed by atoms with Gasteiger partial charge in [0, 0.05) is 40.3 Å². The van der Waals surface area contributed by atoms with Crippen LogP contribution in [0.4, 0.5) is 5.82 Å². The largest absolute Gasteiger partial charge is 0.383 e. The van der Waals surface area contributed by atoms with Crippen molar-refractivity contribution in [3.05, 3.63) is 23.9 Å². The zero-order valence-corrected chi connectivity index (χ0v) is 13.5. The lowest BCUT2D eigenvalue weighted by Crippen LogP contribution is -2.61. The van der Waals surface area contributed by atoms with Crippen LogP contribution in [0.2, 0.25) is 0 Å². The number of hydrogen-bond acceptors (Lipinski definition) is 5. The summed E-state index contributed by atoms with van der Waals surface area (Å²) in [6.07, 6.45) is 1.50. The van der Waals surface area contributed by atoms with Gasteiger partial charge in [-0.25, -0.2) is 4.98 Å². The van der Waals surface area contributed by atoms with Crippen LogP contribution in [-0.2, 0) is 9.59 Å². The molecule has 23 heavy (non-hydrogen) atoms. The first-order valence-electron chi connectivity index (χ1n) is 7.31. The molecule has 124 valence electrons. The van der Waals surface area contributed by atoms with Crippen molar-refractivity contribution in [2.75, 3.05) is 39.5 Å². The lowest BCUT2D eigenvalue weighted by atomic mass is 10.1. The van der Waals surface area contributed by atoms with E-state index in [1.807, 2.05) is 0 Å². The first-order valence-corrected chi connectivity index (χ1v) is 7.31. The average Bonchev–Trinajstić information content (AvgIpc) is 2.53. The highest BCUT2D eigenvalue weighted by Crippen LogP contribution is 2.18. The van der Waals surface area contributed by atoms with Crippen LogP contribution in [0.15, 0.2) is 18.3 Å². The number of amides is 3. The van der Waals surface area contributed by atoms with Crippen molar-refractivity contribution in [1.29, 1.82) is 0 Å². The van der Waals surface area contributed by atoms with Gasteiger partial charge in [0.25, 0.3) is 5.91 Å². The van der Waals surface area contributed by atoms with Crippen LogP contribution in [0.1, 0.15) is 17.3 Å². The number of piperazine rings is 1. The van der Waals surface area contributed by atoms with Gasteiger partial charge in [0.2, 0.25) is 11.8 Å². The number of nitrogens with two attached hydrogens (primary N) is 1. The summed E-state index contributed by atoms with van der Waals surface area (Å²) in [5, 5.41) is 0. The Balaban J connectivity index is 2.31. The number of hydrogen-bond donors (Lipinski definition) is 1. The van der Waals surface area contributed by atoms with Crippen LogP contribution in [-0.4, -0.2) is 77.2 Å². The maximum atomic E-state index is 12.8. The van der Waals surface area contributed by atoms with E-state index >= 15 is 0 Å². The molecule has 0 aromatic carbocycles. The number of aromatic nitrogens is 1. The van der Waals surface area contributed by atoms with Gasteiger partial charge >= 0.3 is 0 Å². The summed E-state index contributed by atoms with van der Waals surface area (Å²) < 4.78 is 0. The number of carbonyl (C=O) groups excluding carboxylic acids is 3. The molecular formula is C15H21N5O3. The minimum absolute atomic E-state index is 0.116. The average molecular weight is 319 g/mol. The highest BCUT2D eigenvalue weighted by Gasteiger charge is 2.37. The van der Waals surface area contributed by atoms with Crippen molar-refractivity contribution in [1.82, 2.24) is 19.7 Å². The van der Waals surface area contributed by atoms with Gasteiger partial charge in [-0.3, -0.25) is 14.4 Å². The third kappa shape index (κ3) is 3.41. The van der Waals surface area contributed by atoms with E-state index in [2.05, 4.69) is 4.98 Å². The molecule has 1 aliphatic heterocycles. The van der Waals surface area contributed by atoms with Crippen LogP contribution in [0.25, 0.3) is 0 Å². The summed E-state index contributed by atoms with van der Waals surface area (Å²) in [6.45, 7) is 2.29. The number of pyridine rings is 1. The second kappa shape index (κ2) is 6.64. The minimum atomic E-state index is -0.727. The molecule has 1 saturated heterocycles. The van der Waals surface area contributed by atoms with E-state index in [0.717, 1.165) is 0 Å². The number of nitrogens with zero attached hydrogens (tertiary/aromatic N) is 4. The van der Waals surface area contributed by atoms with Gasteiger partial charge in [-0.2, -0.15) is 0 Å². The SMILES string of the molecule is CC(=O)N1CCN(C(=O)c2cccnc2N)[C@@H](C(=O)N(C)C)C1. The van der Waals surface area contributed by atoms with Gasteiger partial charge in [-0.15, -0.1) is 0 Å². The van der Waals surface area contributed by atoms with E-state index < -0.39 is 6.04 Å². The van der Waals surface area contributed by atoms with Crippen molar-refractivity contribution in [2.45, 2.75) is 13.0 Å². The van der Waals surface area contributed by atoms with Crippen molar-refractivity contribution in [3.8, 4) is 0 Å². The summed E-state index contributed by atoms with van der Waals surface area (Å²) in [6, 6.07) is 2.48. The zero-order chi connectivity index (χ0) is 17.1. The molecule has 8 nitrogen and oxygen atoms in total. The fourth-order valence-electron chi connectivity index (χ4n) is 2.57. The molecule has 2 rings (SSSR count). The summed E-state index contributed by atoms with van der Waals surface area (Å²) in [4.78, 5) is 45.2. The van der Waals surface area contributed by atoms with Gasteiger partial charge in [0.1, 0.15) is 11.9 Å². The number of likely N-dealkylation sites (N-methyl/N-ethyl adjacent to an activating group) is 1. The smallest absolute Gasteiger partial charge is 0.258 e. The predicted molar refractivity (Wildman–Crippen MR) is 84.4 cm³/mol. The molecule has 0 unspecified atom stereocenters. The number of anilines is 1. The van der Waals surface area contributed by atoms with E-state index in [1.54, 1.807) is 31.1 Å². The van der Waals surface area contributed by atoms with E-state index in [4.69, 9.17) is 5.73 Å². The maximum Gasteiger partial charge on any atom is 0.258 e. The second-order valence-corrected chi connectivity index (χ2v) is 5.65. The molecule has 0 saturated carbocycles. The normalized spacial score (nSPS) is 17.8. The highest BCUT2D eigenvalue weighted by molar-refractivity contribution is 6.01. The topological polar surface area (TPSA) is 99.8 Å². The van der Waals surface area contributed by atoms with Crippen LogP contribution in [0.3, 0.4) is 0 Å². The van der Waals surface area contributed by atoms with E-state index in [9.17, 15) is 14.4 Å². The fraction of sp³-hybridized carbons (Fsp3) is 0.467. The fourth-order valence-corrected chi connectivity index (χ4v) is 2.57. The summed E-state index contributed by atoms with van der Waals surface area (Å²) in [5.41, 5.74) is 6.03. The van der Waals surface area contributed by atoms with E-state index in [-0.39, 0.29) is 42.2 Å². The molecule has 0 bridgehead atoms. The molecule has 3 amide bonds. The Morgan fingerprint density at radius 3 is 2.57 bits per heavy atom. The molecule has 1 atom stereocenters. The molecule has 1 aliphatic rings. The maximum absolute atomic E-state index is 12.8. The van der Waals surface area contributed by atoms with Crippen LogP contribution in [0, 0.1) is 0 Å². The van der Waals surface area contributed by atoms with Crippen molar-refractivity contribution in [3.63, 3.8) is 0 Å². The van der Waals surface area contributed by atoms with Gasteiger partial charge in [0.15, 0.2) is 0 Å². The van der Waals surface area contributed by atoms with Gasteiger partial charge in [-0.1, -0.05) is 0 Å². The summed E-state index contributed by atoms with van der Waals surface area (Å²) >= 11 is 0. The standard InChI is InChI=1S/C15H21N5O3/c1-10(21)19-7-8-20(12(9-19)15(23)18(2)3)14(22)11-5-4-6-17-13(11)16/h4-6,12H,7-9H2,1-3H3,(H2,16,17)/t12-/m1/s1. The van der Waals surface area contributed by atoms with E-state index in [0.29, 0.717) is 6.54 Å². The molecule has 2 heterocycles. The quantitative estimate of drug-likeness (QED) is 0.786. The number of carbonyl (C=O) groups is 3. The molecule has 0 radical (unpaired) electrons. The highest BCUT2D eigenvalue weighted by atomic mass is 16.2. The Labute approximate surface area is 134 Å². The molecule has 0 spiro atoms. The van der Waals surface area contributed by atoms with Crippen molar-refractivity contribution >= 4 is 23.5 Å². The molecule has 0 aliphatic carbocycles. The number of nitrogen functional groups attached to an aromatic ring is 1. The van der Waals surface area contributed by atoms with Gasteiger partial charge in [-0.05, 0) is 12.1 Å². The molecule has 1 aromatic rings. The van der Waals surface area contributed by atoms with Crippen molar-refractivity contribution in [2.24, 2.45) is 0 Å². The van der Waals surface area contributed by atoms with Gasteiger partial charge < -0.3 is 20.4 Å². The Bertz CT molecular complexity index is 631.